The monoisotopic (exact) mass is 478 g/mol. The van der Waals surface area contributed by atoms with Gasteiger partial charge in [0.25, 0.3) is 11.8 Å². The van der Waals surface area contributed by atoms with Crippen molar-refractivity contribution in [1.29, 1.82) is 0 Å². The van der Waals surface area contributed by atoms with E-state index in [-0.39, 0.29) is 18.4 Å². The van der Waals surface area contributed by atoms with E-state index in [4.69, 9.17) is 4.74 Å². The van der Waals surface area contributed by atoms with Crippen molar-refractivity contribution in [2.24, 2.45) is 0 Å². The van der Waals surface area contributed by atoms with Gasteiger partial charge in [-0.3, -0.25) is 19.4 Å². The third kappa shape index (κ3) is 5.26. The fourth-order valence-electron chi connectivity index (χ4n) is 3.88. The zero-order chi connectivity index (χ0) is 23.9. The zero-order valence-electron chi connectivity index (χ0n) is 18.8. The number of hydrogen-bond acceptors (Lipinski definition) is 6. The molecule has 176 valence electrons. The van der Waals surface area contributed by atoms with Gasteiger partial charge in [0, 0.05) is 30.2 Å². The van der Waals surface area contributed by atoms with Crippen LogP contribution in [0.4, 0.5) is 15.6 Å². The van der Waals surface area contributed by atoms with Gasteiger partial charge in [0.2, 0.25) is 0 Å². The van der Waals surface area contributed by atoms with Crippen molar-refractivity contribution in [2.75, 3.05) is 18.0 Å². The topological polar surface area (TPSA) is 91.8 Å². The molecule has 2 aromatic carbocycles. The highest BCUT2D eigenvalue weighted by atomic mass is 32.1. The minimum absolute atomic E-state index is 0.147. The van der Waals surface area contributed by atoms with Crippen LogP contribution in [0.2, 0.25) is 0 Å². The normalized spacial score (nSPS) is 15.1. The van der Waals surface area contributed by atoms with Crippen molar-refractivity contribution in [3.63, 3.8) is 0 Å². The molecule has 4 rings (SSSR count). The summed E-state index contributed by atoms with van der Waals surface area (Å²) in [5.41, 5.74) is 1.97. The number of hydrogen-bond donors (Lipinski definition) is 1. The van der Waals surface area contributed by atoms with Crippen molar-refractivity contribution in [2.45, 2.75) is 32.4 Å². The van der Waals surface area contributed by atoms with Gasteiger partial charge in [-0.15, -0.1) is 11.3 Å². The standard InChI is InChI=1S/C25H26N4O4S/c1-2-26-22(30)19-10-12-20(13-11-19)29(24-27-14-16-34-24)23(31)21-9-6-15-28(21)25(32)33-17-18-7-4-3-5-8-18/h3-5,7-8,10-14,16,21H,2,6,9,15,17H2,1H3,(H,26,30). The highest BCUT2D eigenvalue weighted by Crippen LogP contribution is 2.31. The minimum atomic E-state index is -0.657. The Labute approximate surface area is 202 Å². The van der Waals surface area contributed by atoms with Gasteiger partial charge in [0.1, 0.15) is 12.6 Å². The number of rotatable bonds is 7. The molecule has 1 aliphatic heterocycles. The van der Waals surface area contributed by atoms with Crippen molar-refractivity contribution < 1.29 is 19.1 Å². The number of amides is 3. The van der Waals surface area contributed by atoms with Crippen molar-refractivity contribution >= 4 is 40.1 Å². The molecule has 0 radical (unpaired) electrons. The first-order valence-electron chi connectivity index (χ1n) is 11.2. The lowest BCUT2D eigenvalue weighted by molar-refractivity contribution is -0.121. The minimum Gasteiger partial charge on any atom is -0.445 e. The summed E-state index contributed by atoms with van der Waals surface area (Å²) in [5, 5.41) is 5.05. The third-order valence-electron chi connectivity index (χ3n) is 5.53. The van der Waals surface area contributed by atoms with Gasteiger partial charge in [0.15, 0.2) is 5.13 Å². The first-order chi connectivity index (χ1) is 16.6. The first-order valence-corrected chi connectivity index (χ1v) is 12.1. The molecule has 8 nitrogen and oxygen atoms in total. The highest BCUT2D eigenvalue weighted by Gasteiger charge is 2.39. The average Bonchev–Trinajstić information content (AvgIpc) is 3.57. The molecule has 0 bridgehead atoms. The number of nitrogens with one attached hydrogen (secondary N) is 1. The Balaban J connectivity index is 1.53. The quantitative estimate of drug-likeness (QED) is 0.545. The zero-order valence-corrected chi connectivity index (χ0v) is 19.7. The molecular formula is C25H26N4O4S. The maximum Gasteiger partial charge on any atom is 0.410 e. The lowest BCUT2D eigenvalue weighted by Gasteiger charge is -2.28. The summed E-state index contributed by atoms with van der Waals surface area (Å²) < 4.78 is 5.49. The van der Waals surface area contributed by atoms with Crippen LogP contribution in [-0.4, -0.2) is 46.9 Å². The molecular weight excluding hydrogens is 452 g/mol. The lowest BCUT2D eigenvalue weighted by atomic mass is 10.1. The molecule has 1 unspecified atom stereocenters. The number of thiazole rings is 1. The van der Waals surface area contributed by atoms with Gasteiger partial charge in [-0.05, 0) is 49.6 Å². The Morgan fingerprint density at radius 3 is 2.59 bits per heavy atom. The Bertz CT molecular complexity index is 1120. The second-order valence-electron chi connectivity index (χ2n) is 7.79. The Kier molecular flexibility index (Phi) is 7.54. The summed E-state index contributed by atoms with van der Waals surface area (Å²) in [4.78, 5) is 46.0. The first kappa shape index (κ1) is 23.4. The van der Waals surface area contributed by atoms with Crippen molar-refractivity contribution in [1.82, 2.24) is 15.2 Å². The van der Waals surface area contributed by atoms with Crippen LogP contribution in [0.5, 0.6) is 0 Å². The molecule has 2 heterocycles. The molecule has 1 atom stereocenters. The second-order valence-corrected chi connectivity index (χ2v) is 8.66. The van der Waals surface area contributed by atoms with Crippen LogP contribution in [0.1, 0.15) is 35.7 Å². The van der Waals surface area contributed by atoms with Gasteiger partial charge in [-0.25, -0.2) is 9.78 Å². The smallest absolute Gasteiger partial charge is 0.410 e. The van der Waals surface area contributed by atoms with E-state index in [9.17, 15) is 14.4 Å². The Morgan fingerprint density at radius 1 is 1.15 bits per heavy atom. The number of carbonyl (C=O) groups is 3. The van der Waals surface area contributed by atoms with Crippen molar-refractivity contribution in [3.05, 3.63) is 77.3 Å². The lowest BCUT2D eigenvalue weighted by Crippen LogP contribution is -2.46. The molecule has 0 saturated carbocycles. The van der Waals surface area contributed by atoms with Crippen LogP contribution in [0.25, 0.3) is 0 Å². The molecule has 3 aromatic rings. The number of likely N-dealkylation sites (tertiary alicyclic amines) is 1. The average molecular weight is 479 g/mol. The molecule has 1 aromatic heterocycles. The maximum absolute atomic E-state index is 13.7. The molecule has 1 N–H and O–H groups in total. The predicted molar refractivity (Wildman–Crippen MR) is 130 cm³/mol. The summed E-state index contributed by atoms with van der Waals surface area (Å²) in [7, 11) is 0. The molecule has 1 fully saturated rings. The second kappa shape index (κ2) is 10.9. The van der Waals surface area contributed by atoms with Gasteiger partial charge < -0.3 is 10.1 Å². The van der Waals surface area contributed by atoms with E-state index in [0.29, 0.717) is 42.3 Å². The molecule has 0 aliphatic carbocycles. The Morgan fingerprint density at radius 2 is 1.91 bits per heavy atom. The number of carbonyl (C=O) groups excluding carboxylic acids is 3. The van der Waals surface area contributed by atoms with E-state index < -0.39 is 12.1 Å². The predicted octanol–water partition coefficient (Wildman–Crippen LogP) is 4.36. The Hall–Kier alpha value is -3.72. The van der Waals surface area contributed by atoms with E-state index in [0.717, 1.165) is 5.56 Å². The van der Waals surface area contributed by atoms with Crippen LogP contribution >= 0.6 is 11.3 Å². The van der Waals surface area contributed by atoms with Crippen LogP contribution < -0.4 is 10.2 Å². The summed E-state index contributed by atoms with van der Waals surface area (Å²) in [6.07, 6.45) is 2.37. The van der Waals surface area contributed by atoms with E-state index in [1.54, 1.807) is 35.8 Å². The van der Waals surface area contributed by atoms with Gasteiger partial charge >= 0.3 is 6.09 Å². The van der Waals surface area contributed by atoms with Crippen molar-refractivity contribution in [3.8, 4) is 0 Å². The third-order valence-corrected chi connectivity index (χ3v) is 6.29. The number of aromatic nitrogens is 1. The summed E-state index contributed by atoms with van der Waals surface area (Å²) >= 11 is 1.33. The van der Waals surface area contributed by atoms with Crippen LogP contribution in [0, 0.1) is 0 Å². The van der Waals surface area contributed by atoms with Crippen LogP contribution in [-0.2, 0) is 16.1 Å². The number of anilines is 2. The molecule has 1 saturated heterocycles. The molecule has 9 heteroatoms. The summed E-state index contributed by atoms with van der Waals surface area (Å²) in [6.45, 7) is 2.98. The SMILES string of the molecule is CCNC(=O)c1ccc(N(C(=O)C2CCCN2C(=O)OCc2ccccc2)c2nccs2)cc1. The molecule has 1 aliphatic rings. The number of benzene rings is 2. The van der Waals surface area contributed by atoms with Gasteiger partial charge in [0.05, 0.1) is 5.69 Å². The largest absolute Gasteiger partial charge is 0.445 e. The van der Waals surface area contributed by atoms with Gasteiger partial charge in [-0.2, -0.15) is 0 Å². The highest BCUT2D eigenvalue weighted by molar-refractivity contribution is 7.13. The fourth-order valence-corrected chi connectivity index (χ4v) is 4.54. The number of nitrogens with zero attached hydrogens (tertiary/aromatic N) is 3. The molecule has 0 spiro atoms. The van der Waals surface area contributed by atoms with Crippen LogP contribution in [0.15, 0.2) is 66.2 Å². The maximum atomic E-state index is 13.7. The summed E-state index contributed by atoms with van der Waals surface area (Å²) in [6, 6.07) is 15.6. The van der Waals surface area contributed by atoms with E-state index >= 15 is 0 Å². The van der Waals surface area contributed by atoms with Gasteiger partial charge in [-0.1, -0.05) is 30.3 Å². The fraction of sp³-hybridized carbons (Fsp3) is 0.280. The molecule has 3 amide bonds. The summed E-state index contributed by atoms with van der Waals surface area (Å²) in [5.74, 6) is -0.431. The van der Waals surface area contributed by atoms with E-state index in [1.807, 2.05) is 37.3 Å². The van der Waals surface area contributed by atoms with Crippen LogP contribution in [0.3, 0.4) is 0 Å². The number of ether oxygens (including phenoxy) is 1. The van der Waals surface area contributed by atoms with E-state index in [2.05, 4.69) is 10.3 Å². The van der Waals surface area contributed by atoms with E-state index in [1.165, 1.54) is 21.1 Å². The molecule has 34 heavy (non-hydrogen) atoms.